The number of hydrogen-bond donors (Lipinski definition) is 2. The lowest BCUT2D eigenvalue weighted by atomic mass is 10.1. The van der Waals surface area contributed by atoms with E-state index in [9.17, 15) is 9.59 Å². The van der Waals surface area contributed by atoms with Gasteiger partial charge in [-0.3, -0.25) is 9.59 Å². The molecule has 1 fully saturated rings. The number of hydrogen-bond acceptors (Lipinski definition) is 2. The molecule has 0 radical (unpaired) electrons. The fourth-order valence-corrected chi connectivity index (χ4v) is 0.894. The highest BCUT2D eigenvalue weighted by Crippen LogP contribution is 2.00. The molecule has 0 aromatic heterocycles. The Hall–Kier alpha value is -1.32. The summed E-state index contributed by atoms with van der Waals surface area (Å²) < 4.78 is 0. The fraction of sp³-hybridized carbons (Fsp3) is 0.429. The fourth-order valence-electron chi connectivity index (χ4n) is 0.894. The number of carbonyl (C=O) groups is 2. The molecule has 4 heteroatoms. The lowest BCUT2D eigenvalue weighted by Gasteiger charge is -2.22. The van der Waals surface area contributed by atoms with Crippen molar-refractivity contribution < 1.29 is 9.59 Å². The molecule has 0 saturated carbocycles. The van der Waals surface area contributed by atoms with Gasteiger partial charge in [0.05, 0.1) is 6.54 Å². The molecule has 1 atom stereocenters. The van der Waals surface area contributed by atoms with Crippen LogP contribution in [0, 0.1) is 0 Å². The van der Waals surface area contributed by atoms with Crippen LogP contribution in [0.25, 0.3) is 0 Å². The molecule has 0 aromatic rings. The molecule has 1 rings (SSSR count). The van der Waals surface area contributed by atoms with Crippen molar-refractivity contribution in [2.75, 3.05) is 6.54 Å². The second-order valence-corrected chi connectivity index (χ2v) is 2.56. The first-order chi connectivity index (χ1) is 5.11. The largest absolute Gasteiger partial charge is 0.345 e. The van der Waals surface area contributed by atoms with Gasteiger partial charge in [-0.2, -0.15) is 0 Å². The van der Waals surface area contributed by atoms with E-state index in [1.165, 1.54) is 0 Å². The van der Waals surface area contributed by atoms with Crippen LogP contribution in [-0.4, -0.2) is 24.4 Å². The summed E-state index contributed by atoms with van der Waals surface area (Å²) in [6.07, 6.45) is 0. The van der Waals surface area contributed by atoms with Gasteiger partial charge in [0.15, 0.2) is 0 Å². The summed E-state index contributed by atoms with van der Waals surface area (Å²) in [6, 6.07) is -0.545. The SMILES string of the molecule is C=C(C)[C@H]1NC(=O)CNC1=O. The van der Waals surface area contributed by atoms with Crippen molar-refractivity contribution in [1.82, 2.24) is 10.6 Å². The summed E-state index contributed by atoms with van der Waals surface area (Å²) in [5.41, 5.74) is 0.649. The lowest BCUT2D eigenvalue weighted by Crippen LogP contribution is -2.56. The van der Waals surface area contributed by atoms with E-state index >= 15 is 0 Å². The molecule has 0 aromatic carbocycles. The lowest BCUT2D eigenvalue weighted by molar-refractivity contribution is -0.132. The predicted molar refractivity (Wildman–Crippen MR) is 39.8 cm³/mol. The summed E-state index contributed by atoms with van der Waals surface area (Å²) in [6.45, 7) is 5.36. The third-order valence-corrected chi connectivity index (χ3v) is 1.48. The van der Waals surface area contributed by atoms with Gasteiger partial charge in [-0.15, -0.1) is 0 Å². The highest BCUT2D eigenvalue weighted by Gasteiger charge is 2.25. The molecule has 2 amide bonds. The first-order valence-corrected chi connectivity index (χ1v) is 3.33. The maximum atomic E-state index is 11.0. The van der Waals surface area contributed by atoms with Crippen LogP contribution in [0.3, 0.4) is 0 Å². The second kappa shape index (κ2) is 2.74. The molecular formula is C7H10N2O2. The molecule has 1 heterocycles. The van der Waals surface area contributed by atoms with Crippen LogP contribution in [0.1, 0.15) is 6.92 Å². The number of nitrogens with one attached hydrogen (secondary N) is 2. The normalized spacial score (nSPS) is 23.9. The number of rotatable bonds is 1. The summed E-state index contributed by atoms with van der Waals surface area (Å²) in [4.78, 5) is 21.8. The van der Waals surface area contributed by atoms with Crippen LogP contribution < -0.4 is 10.6 Å². The average molecular weight is 154 g/mol. The van der Waals surface area contributed by atoms with Gasteiger partial charge in [0.1, 0.15) is 6.04 Å². The molecule has 0 aliphatic carbocycles. The molecule has 0 spiro atoms. The van der Waals surface area contributed by atoms with Gasteiger partial charge in [-0.1, -0.05) is 6.58 Å². The Balaban J connectivity index is 2.69. The van der Waals surface area contributed by atoms with Gasteiger partial charge in [0, 0.05) is 0 Å². The van der Waals surface area contributed by atoms with E-state index < -0.39 is 6.04 Å². The molecule has 1 saturated heterocycles. The van der Waals surface area contributed by atoms with Crippen LogP contribution >= 0.6 is 0 Å². The van der Waals surface area contributed by atoms with E-state index in [-0.39, 0.29) is 18.4 Å². The van der Waals surface area contributed by atoms with E-state index in [1.54, 1.807) is 6.92 Å². The first kappa shape index (κ1) is 7.78. The van der Waals surface area contributed by atoms with Gasteiger partial charge >= 0.3 is 0 Å². The van der Waals surface area contributed by atoms with Crippen LogP contribution in [0.4, 0.5) is 0 Å². The van der Waals surface area contributed by atoms with E-state index in [4.69, 9.17) is 0 Å². The molecule has 1 aliphatic rings. The zero-order chi connectivity index (χ0) is 8.43. The number of amides is 2. The van der Waals surface area contributed by atoms with Crippen molar-refractivity contribution in [3.05, 3.63) is 12.2 Å². The smallest absolute Gasteiger partial charge is 0.247 e. The molecule has 4 nitrogen and oxygen atoms in total. The summed E-state index contributed by atoms with van der Waals surface area (Å²) >= 11 is 0. The minimum Gasteiger partial charge on any atom is -0.345 e. The highest BCUT2D eigenvalue weighted by molar-refractivity contribution is 5.96. The van der Waals surface area contributed by atoms with Crippen LogP contribution in [0.5, 0.6) is 0 Å². The van der Waals surface area contributed by atoms with Crippen molar-refractivity contribution in [2.45, 2.75) is 13.0 Å². The van der Waals surface area contributed by atoms with Gasteiger partial charge < -0.3 is 10.6 Å². The Kier molecular flexibility index (Phi) is 1.94. The quantitative estimate of drug-likeness (QED) is 0.485. The zero-order valence-corrected chi connectivity index (χ0v) is 6.31. The minimum atomic E-state index is -0.545. The average Bonchev–Trinajstić information content (AvgIpc) is 1.94. The van der Waals surface area contributed by atoms with Gasteiger partial charge in [0.2, 0.25) is 11.8 Å². The summed E-state index contributed by atoms with van der Waals surface area (Å²) in [5.74, 6) is -0.352. The Bertz CT molecular complexity index is 222. The Morgan fingerprint density at radius 3 is 2.73 bits per heavy atom. The van der Waals surface area contributed by atoms with Crippen LogP contribution in [0.15, 0.2) is 12.2 Å². The van der Waals surface area contributed by atoms with Crippen molar-refractivity contribution in [2.24, 2.45) is 0 Å². The summed E-state index contributed by atoms with van der Waals surface area (Å²) in [5, 5.41) is 4.97. The minimum absolute atomic E-state index is 0.0720. The van der Waals surface area contributed by atoms with Crippen molar-refractivity contribution in [3.63, 3.8) is 0 Å². The Labute approximate surface area is 64.7 Å². The number of piperazine rings is 1. The molecule has 2 N–H and O–H groups in total. The van der Waals surface area contributed by atoms with E-state index in [2.05, 4.69) is 17.2 Å². The van der Waals surface area contributed by atoms with Gasteiger partial charge in [-0.05, 0) is 12.5 Å². The van der Waals surface area contributed by atoms with E-state index in [0.29, 0.717) is 5.57 Å². The Morgan fingerprint density at radius 2 is 2.27 bits per heavy atom. The van der Waals surface area contributed by atoms with Crippen molar-refractivity contribution in [3.8, 4) is 0 Å². The summed E-state index contributed by atoms with van der Waals surface area (Å²) in [7, 11) is 0. The third kappa shape index (κ3) is 1.58. The van der Waals surface area contributed by atoms with E-state index in [1.807, 2.05) is 0 Å². The Morgan fingerprint density at radius 1 is 1.64 bits per heavy atom. The molecule has 11 heavy (non-hydrogen) atoms. The first-order valence-electron chi connectivity index (χ1n) is 3.33. The van der Waals surface area contributed by atoms with Crippen molar-refractivity contribution in [1.29, 1.82) is 0 Å². The monoisotopic (exact) mass is 154 g/mol. The standard InChI is InChI=1S/C7H10N2O2/c1-4(2)6-7(11)8-3-5(10)9-6/h6H,1,3H2,2H3,(H,8,11)(H,9,10)/t6-/m1/s1. The molecule has 60 valence electrons. The van der Waals surface area contributed by atoms with Gasteiger partial charge in [-0.25, -0.2) is 0 Å². The number of carbonyl (C=O) groups excluding carboxylic acids is 2. The van der Waals surface area contributed by atoms with Crippen LogP contribution in [-0.2, 0) is 9.59 Å². The third-order valence-electron chi connectivity index (χ3n) is 1.48. The van der Waals surface area contributed by atoms with E-state index in [0.717, 1.165) is 0 Å². The molecule has 0 unspecified atom stereocenters. The molecular weight excluding hydrogens is 144 g/mol. The van der Waals surface area contributed by atoms with Crippen molar-refractivity contribution >= 4 is 11.8 Å². The second-order valence-electron chi connectivity index (χ2n) is 2.56. The topological polar surface area (TPSA) is 58.2 Å². The van der Waals surface area contributed by atoms with Gasteiger partial charge in [0.25, 0.3) is 0 Å². The van der Waals surface area contributed by atoms with Crippen LogP contribution in [0.2, 0.25) is 0 Å². The maximum Gasteiger partial charge on any atom is 0.247 e. The zero-order valence-electron chi connectivity index (χ0n) is 6.31. The molecule has 0 bridgehead atoms. The highest BCUT2D eigenvalue weighted by atomic mass is 16.2. The molecule has 1 aliphatic heterocycles. The predicted octanol–water partition coefficient (Wildman–Crippen LogP) is -0.823. The maximum absolute atomic E-state index is 11.0.